The molecular formula is C21H28O4S. The fourth-order valence-corrected chi connectivity index (χ4v) is 6.03. The maximum Gasteiger partial charge on any atom is 0.163 e. The van der Waals surface area contributed by atoms with E-state index < -0.39 is 15.1 Å². The Labute approximate surface area is 156 Å². The van der Waals surface area contributed by atoms with E-state index in [1.165, 1.54) is 5.57 Å². The summed E-state index contributed by atoms with van der Waals surface area (Å²) in [6.07, 6.45) is 4.70. The van der Waals surface area contributed by atoms with Crippen molar-refractivity contribution < 1.29 is 18.3 Å². The van der Waals surface area contributed by atoms with E-state index in [4.69, 9.17) is 4.74 Å². The minimum atomic E-state index is -3.09. The number of ether oxygens (including phenoxy) is 1. The molecule has 2 aliphatic heterocycles. The van der Waals surface area contributed by atoms with Crippen LogP contribution >= 0.6 is 0 Å². The Bertz CT molecular complexity index is 816. The topological polar surface area (TPSA) is 63.6 Å². The number of rotatable bonds is 6. The molecular weight excluding hydrogens is 348 g/mol. The van der Waals surface area contributed by atoms with Crippen LogP contribution in [-0.2, 0) is 14.6 Å². The van der Waals surface area contributed by atoms with E-state index in [1.807, 2.05) is 12.1 Å². The second-order valence-corrected chi connectivity index (χ2v) is 9.72. The van der Waals surface area contributed by atoms with E-state index in [1.54, 1.807) is 12.1 Å². The molecule has 0 unspecified atom stereocenters. The van der Waals surface area contributed by atoms with E-state index in [-0.39, 0.29) is 23.5 Å². The van der Waals surface area contributed by atoms with Crippen molar-refractivity contribution in [3.05, 3.63) is 46.5 Å². The average molecular weight is 377 g/mol. The van der Waals surface area contributed by atoms with Crippen molar-refractivity contribution in [1.82, 2.24) is 0 Å². The van der Waals surface area contributed by atoms with Crippen molar-refractivity contribution in [2.45, 2.75) is 51.4 Å². The number of fused-ring (bicyclic) bond motifs is 1. The van der Waals surface area contributed by atoms with Crippen molar-refractivity contribution >= 4 is 15.9 Å². The Balaban J connectivity index is 1.74. The smallest absolute Gasteiger partial charge is 0.163 e. The van der Waals surface area contributed by atoms with Gasteiger partial charge in [-0.1, -0.05) is 44.6 Å². The predicted molar refractivity (Wildman–Crippen MR) is 105 cm³/mol. The Hall–Kier alpha value is -1.59. The summed E-state index contributed by atoms with van der Waals surface area (Å²) in [6.45, 7) is 6.57. The first kappa shape index (κ1) is 19.2. The van der Waals surface area contributed by atoms with Gasteiger partial charge in [-0.25, -0.2) is 8.42 Å². The van der Waals surface area contributed by atoms with E-state index in [0.29, 0.717) is 6.61 Å². The molecule has 26 heavy (non-hydrogen) atoms. The lowest BCUT2D eigenvalue weighted by molar-refractivity contribution is 0.117. The zero-order chi connectivity index (χ0) is 18.9. The van der Waals surface area contributed by atoms with Gasteiger partial charge in [-0.15, -0.1) is 0 Å². The molecule has 1 saturated heterocycles. The van der Waals surface area contributed by atoms with E-state index in [9.17, 15) is 13.5 Å². The molecule has 0 saturated carbocycles. The monoisotopic (exact) mass is 376 g/mol. The van der Waals surface area contributed by atoms with Crippen LogP contribution in [0.4, 0.5) is 0 Å². The van der Waals surface area contributed by atoms with Gasteiger partial charge < -0.3 is 9.84 Å². The van der Waals surface area contributed by atoms with Crippen LogP contribution in [0.25, 0.3) is 6.08 Å². The highest BCUT2D eigenvalue weighted by atomic mass is 32.2. The quantitative estimate of drug-likeness (QED) is 0.759. The Kier molecular flexibility index (Phi) is 5.58. The van der Waals surface area contributed by atoms with Gasteiger partial charge >= 0.3 is 0 Å². The van der Waals surface area contributed by atoms with Crippen LogP contribution in [0.1, 0.15) is 45.6 Å². The number of benzene rings is 1. The third-order valence-electron chi connectivity index (χ3n) is 5.45. The second-order valence-electron chi connectivity index (χ2n) is 7.54. The third-order valence-corrected chi connectivity index (χ3v) is 7.42. The first-order valence-corrected chi connectivity index (χ1v) is 11.1. The molecule has 4 nitrogen and oxygen atoms in total. The van der Waals surface area contributed by atoms with Crippen LogP contribution in [0.2, 0.25) is 0 Å². The molecule has 2 aliphatic rings. The molecule has 0 amide bonds. The lowest BCUT2D eigenvalue weighted by Crippen LogP contribution is -2.19. The van der Waals surface area contributed by atoms with Crippen LogP contribution in [0.15, 0.2) is 41.0 Å². The number of aromatic hydroxyl groups is 1. The zero-order valence-corrected chi connectivity index (χ0v) is 16.6. The van der Waals surface area contributed by atoms with Gasteiger partial charge in [0.05, 0.1) is 18.5 Å². The molecule has 2 heterocycles. The normalized spacial score (nSPS) is 25.2. The van der Waals surface area contributed by atoms with Gasteiger partial charge in [-0.3, -0.25) is 0 Å². The minimum absolute atomic E-state index is 0.0792. The largest absolute Gasteiger partial charge is 0.508 e. The summed E-state index contributed by atoms with van der Waals surface area (Å²) in [6, 6.07) is 7.17. The molecule has 1 aromatic rings. The first-order valence-electron chi connectivity index (χ1n) is 9.36. The van der Waals surface area contributed by atoms with Gasteiger partial charge in [-0.2, -0.15) is 0 Å². The molecule has 0 bridgehead atoms. The van der Waals surface area contributed by atoms with Gasteiger partial charge in [0.25, 0.3) is 0 Å². The van der Waals surface area contributed by atoms with E-state index >= 15 is 0 Å². The van der Waals surface area contributed by atoms with Gasteiger partial charge in [0.1, 0.15) is 11.0 Å². The predicted octanol–water partition coefficient (Wildman–Crippen LogP) is 4.11. The summed E-state index contributed by atoms with van der Waals surface area (Å²) in [5.41, 5.74) is 4.48. The summed E-state index contributed by atoms with van der Waals surface area (Å²) in [5.74, 6) is 0.711. The third kappa shape index (κ3) is 3.89. The molecule has 0 radical (unpaired) electrons. The average Bonchev–Trinajstić information content (AvgIpc) is 3.13. The molecule has 1 aromatic carbocycles. The summed E-state index contributed by atoms with van der Waals surface area (Å²) in [4.78, 5) is 0. The molecule has 1 fully saturated rings. The molecule has 0 aliphatic carbocycles. The number of phenols is 1. The fraction of sp³-hybridized carbons (Fsp3) is 0.524. The lowest BCUT2D eigenvalue weighted by Gasteiger charge is -2.16. The molecule has 142 valence electrons. The van der Waals surface area contributed by atoms with Crippen LogP contribution in [0, 0.1) is 5.92 Å². The number of phenolic OH excluding ortho intramolecular Hbond substituents is 1. The fourth-order valence-electron chi connectivity index (χ4n) is 3.91. The van der Waals surface area contributed by atoms with Gasteiger partial charge in [-0.05, 0) is 54.0 Å². The number of hydrogen-bond donors (Lipinski definition) is 1. The summed E-state index contributed by atoms with van der Waals surface area (Å²) < 4.78 is 30.7. The van der Waals surface area contributed by atoms with Crippen LogP contribution in [0.3, 0.4) is 0 Å². The molecule has 0 spiro atoms. The van der Waals surface area contributed by atoms with Gasteiger partial charge in [0, 0.05) is 0 Å². The molecule has 0 aromatic heterocycles. The van der Waals surface area contributed by atoms with E-state index in [2.05, 4.69) is 26.8 Å². The lowest BCUT2D eigenvalue weighted by atomic mass is 9.91. The maximum atomic E-state index is 12.4. The summed E-state index contributed by atoms with van der Waals surface area (Å²) in [7, 11) is -3.09. The standard InChI is InChI=1S/C21H28O4S/c1-4-15(11-16-5-8-17(22)9-6-16)7-10-19-21-18(14(2)3)13-26(23,24)20(21)12-25-19/h5-6,8-9,11,14,19-20,22H,4,7,10,12-13H2,1-3H3/b15-11+/t19-,20+/m1/s1. The zero-order valence-electron chi connectivity index (χ0n) is 15.7. The molecule has 3 rings (SSSR count). The summed E-state index contributed by atoms with van der Waals surface area (Å²) >= 11 is 0. The molecule has 5 heteroatoms. The van der Waals surface area contributed by atoms with Crippen LogP contribution < -0.4 is 0 Å². The summed E-state index contributed by atoms with van der Waals surface area (Å²) in [5, 5.41) is 8.98. The minimum Gasteiger partial charge on any atom is -0.508 e. The molecule has 1 N–H and O–H groups in total. The highest BCUT2D eigenvalue weighted by molar-refractivity contribution is 7.92. The van der Waals surface area contributed by atoms with Gasteiger partial charge in [0.2, 0.25) is 0 Å². The van der Waals surface area contributed by atoms with Crippen molar-refractivity contribution in [3.8, 4) is 5.75 Å². The maximum absolute atomic E-state index is 12.4. The van der Waals surface area contributed by atoms with E-state index in [0.717, 1.165) is 36.0 Å². The number of sulfone groups is 1. The Morgan fingerprint density at radius 2 is 2.00 bits per heavy atom. The second kappa shape index (κ2) is 7.57. The Morgan fingerprint density at radius 1 is 1.31 bits per heavy atom. The van der Waals surface area contributed by atoms with Crippen molar-refractivity contribution in [2.24, 2.45) is 5.92 Å². The van der Waals surface area contributed by atoms with Crippen molar-refractivity contribution in [1.29, 1.82) is 0 Å². The highest BCUT2D eigenvalue weighted by Gasteiger charge is 2.47. The van der Waals surface area contributed by atoms with Crippen molar-refractivity contribution in [3.63, 3.8) is 0 Å². The number of hydrogen-bond acceptors (Lipinski definition) is 4. The Morgan fingerprint density at radius 3 is 2.62 bits per heavy atom. The first-order chi connectivity index (χ1) is 12.3. The van der Waals surface area contributed by atoms with Crippen LogP contribution in [-0.4, -0.2) is 37.2 Å². The SMILES string of the molecule is CC/C(=C\c1ccc(O)cc1)CC[C@H]1OC[C@H]2C1=C(C(C)C)CS2(=O)=O. The van der Waals surface area contributed by atoms with Gasteiger partial charge in [0.15, 0.2) is 9.84 Å². The highest BCUT2D eigenvalue weighted by Crippen LogP contribution is 2.41. The molecule has 2 atom stereocenters. The van der Waals surface area contributed by atoms with Crippen LogP contribution in [0.5, 0.6) is 5.75 Å². The van der Waals surface area contributed by atoms with Crippen molar-refractivity contribution in [2.75, 3.05) is 12.4 Å². The number of allylic oxidation sites excluding steroid dienone is 1.